The number of carbonyl (C=O) groups excluding carboxylic acids is 1. The van der Waals surface area contributed by atoms with Crippen molar-refractivity contribution in [3.8, 4) is 11.5 Å². The van der Waals surface area contributed by atoms with Gasteiger partial charge in [-0.3, -0.25) is 4.90 Å². The fourth-order valence-corrected chi connectivity index (χ4v) is 4.61. The molecule has 0 saturated carbocycles. The molecule has 4 aromatic rings. The zero-order chi connectivity index (χ0) is 27.0. The van der Waals surface area contributed by atoms with Gasteiger partial charge < -0.3 is 14.2 Å². The second-order valence-electron chi connectivity index (χ2n) is 9.02. The Labute approximate surface area is 222 Å². The Morgan fingerprint density at radius 2 is 1.68 bits per heavy atom. The van der Waals surface area contributed by atoms with Gasteiger partial charge in [-0.1, -0.05) is 28.9 Å². The molecular weight excluding hydrogens is 519 g/mol. The first-order valence-corrected chi connectivity index (χ1v) is 12.2. The van der Waals surface area contributed by atoms with Gasteiger partial charge in [-0.25, -0.2) is 4.79 Å². The number of nitrogens with zero attached hydrogens (tertiary/aromatic N) is 3. The van der Waals surface area contributed by atoms with Crippen LogP contribution in [0.5, 0.6) is 11.5 Å². The third-order valence-electron chi connectivity index (χ3n) is 6.47. The molecule has 5 rings (SSSR count). The molecule has 1 aromatic heterocycles. The zero-order valence-electron chi connectivity index (χ0n) is 20.5. The third-order valence-corrected chi connectivity index (χ3v) is 6.73. The largest absolute Gasteiger partial charge is 0.457 e. The van der Waals surface area contributed by atoms with Gasteiger partial charge in [0.15, 0.2) is 0 Å². The van der Waals surface area contributed by atoms with Gasteiger partial charge >= 0.3 is 12.2 Å². The number of hydrogen-bond donors (Lipinski definition) is 0. The Hall–Kier alpha value is -3.98. The van der Waals surface area contributed by atoms with Crippen molar-refractivity contribution < 1.29 is 27.2 Å². The molecule has 0 N–H and O–H groups in total. The lowest BCUT2D eigenvalue weighted by Crippen LogP contribution is -2.32. The minimum atomic E-state index is -4.50. The summed E-state index contributed by atoms with van der Waals surface area (Å²) in [4.78, 5) is 16.8. The van der Waals surface area contributed by atoms with Crippen molar-refractivity contribution in [1.82, 2.24) is 10.1 Å². The van der Waals surface area contributed by atoms with Crippen LogP contribution in [-0.4, -0.2) is 22.6 Å². The van der Waals surface area contributed by atoms with E-state index in [1.807, 2.05) is 0 Å². The summed E-state index contributed by atoms with van der Waals surface area (Å²) in [5.74, 6) is 1.71. The number of carbonyl (C=O) groups is 1. The summed E-state index contributed by atoms with van der Waals surface area (Å²) in [5, 5.41) is 4.54. The average Bonchev–Trinajstić information content (AvgIpc) is 3.39. The number of alkyl halides is 3. The van der Waals surface area contributed by atoms with E-state index in [0.717, 1.165) is 17.7 Å². The van der Waals surface area contributed by atoms with Crippen LogP contribution >= 0.6 is 11.6 Å². The molecule has 0 aliphatic carbocycles. The maximum Gasteiger partial charge on any atom is 0.416 e. The first-order chi connectivity index (χ1) is 18.1. The summed E-state index contributed by atoms with van der Waals surface area (Å²) in [6, 6.07) is 17.8. The van der Waals surface area contributed by atoms with Crippen LogP contribution < -0.4 is 9.64 Å². The molecule has 1 fully saturated rings. The summed E-state index contributed by atoms with van der Waals surface area (Å²) in [6.07, 6.45) is -4.50. The minimum Gasteiger partial charge on any atom is -0.457 e. The second kappa shape index (κ2) is 10.1. The maximum atomic E-state index is 13.7. The molecule has 0 radical (unpaired) electrons. The normalized spacial score (nSPS) is 15.8. The monoisotopic (exact) mass is 541 g/mol. The molecule has 196 valence electrons. The van der Waals surface area contributed by atoms with Crippen molar-refractivity contribution >= 4 is 23.3 Å². The third kappa shape index (κ3) is 5.19. The Morgan fingerprint density at radius 1 is 1.03 bits per heavy atom. The Kier molecular flexibility index (Phi) is 6.79. The maximum absolute atomic E-state index is 13.7. The summed E-state index contributed by atoms with van der Waals surface area (Å²) in [5.41, 5.74) is 1.58. The van der Waals surface area contributed by atoms with Crippen LogP contribution in [0.3, 0.4) is 0 Å². The molecule has 0 bridgehead atoms. The number of benzene rings is 3. The molecule has 0 spiro atoms. The molecule has 1 atom stereocenters. The Balaban J connectivity index is 1.47. The van der Waals surface area contributed by atoms with Crippen molar-refractivity contribution in [3.63, 3.8) is 0 Å². The predicted octanol–water partition coefficient (Wildman–Crippen LogP) is 7.94. The van der Waals surface area contributed by atoms with Gasteiger partial charge in [-0.05, 0) is 80.1 Å². The molecule has 2 amide bonds. The molecular formula is C28H23ClF3N3O3. The average molecular weight is 542 g/mol. The number of ether oxygens (including phenoxy) is 1. The zero-order valence-corrected chi connectivity index (χ0v) is 21.3. The quantitative estimate of drug-likeness (QED) is 0.248. The number of anilines is 1. The van der Waals surface area contributed by atoms with Crippen molar-refractivity contribution in [2.75, 3.05) is 11.4 Å². The van der Waals surface area contributed by atoms with Crippen LogP contribution in [0.25, 0.3) is 0 Å². The summed E-state index contributed by atoms with van der Waals surface area (Å²) < 4.78 is 51.5. The fourth-order valence-electron chi connectivity index (χ4n) is 4.49. The highest BCUT2D eigenvalue weighted by Crippen LogP contribution is 2.39. The molecule has 3 aromatic carbocycles. The predicted molar refractivity (Wildman–Crippen MR) is 136 cm³/mol. The van der Waals surface area contributed by atoms with E-state index >= 15 is 0 Å². The standard InChI is InChI=1S/C28H23ClF3N3O3/c1-17-25(18(2)38-33-17)15-34-16-26(19-4-3-5-20(14-19)28(30,31)32)35(27(34)36)22-8-12-24(13-9-22)37-23-10-6-21(29)7-11-23/h3-14,26H,15-16H2,1-2H3. The number of aryl methyl sites for hydroxylation is 2. The van der Waals surface area contributed by atoms with E-state index in [0.29, 0.717) is 39.2 Å². The van der Waals surface area contributed by atoms with Gasteiger partial charge in [0, 0.05) is 22.8 Å². The van der Waals surface area contributed by atoms with Crippen LogP contribution in [0.15, 0.2) is 77.3 Å². The lowest BCUT2D eigenvalue weighted by molar-refractivity contribution is -0.137. The molecule has 1 saturated heterocycles. The lowest BCUT2D eigenvalue weighted by atomic mass is 10.0. The lowest BCUT2D eigenvalue weighted by Gasteiger charge is -2.24. The Bertz CT molecular complexity index is 1430. The Morgan fingerprint density at radius 3 is 2.29 bits per heavy atom. The highest BCUT2D eigenvalue weighted by molar-refractivity contribution is 6.30. The van der Waals surface area contributed by atoms with Crippen molar-refractivity contribution in [2.45, 2.75) is 32.6 Å². The van der Waals surface area contributed by atoms with Gasteiger partial charge in [-0.2, -0.15) is 13.2 Å². The van der Waals surface area contributed by atoms with E-state index in [1.54, 1.807) is 73.3 Å². The molecule has 6 nitrogen and oxygen atoms in total. The summed E-state index contributed by atoms with van der Waals surface area (Å²) >= 11 is 5.93. The van der Waals surface area contributed by atoms with Gasteiger partial charge in [0.25, 0.3) is 0 Å². The number of aromatic nitrogens is 1. The van der Waals surface area contributed by atoms with Gasteiger partial charge in [-0.15, -0.1) is 0 Å². The highest BCUT2D eigenvalue weighted by Gasteiger charge is 2.41. The SMILES string of the molecule is Cc1noc(C)c1CN1CC(c2cccc(C(F)(F)F)c2)N(c2ccc(Oc3ccc(Cl)cc3)cc2)C1=O. The first kappa shape index (κ1) is 25.7. The van der Waals surface area contributed by atoms with E-state index in [9.17, 15) is 18.0 Å². The van der Waals surface area contributed by atoms with E-state index in [-0.39, 0.29) is 19.1 Å². The van der Waals surface area contributed by atoms with Crippen LogP contribution in [0.4, 0.5) is 23.7 Å². The fraction of sp³-hybridized carbons (Fsp3) is 0.214. The topological polar surface area (TPSA) is 58.8 Å². The molecule has 38 heavy (non-hydrogen) atoms. The summed E-state index contributed by atoms with van der Waals surface area (Å²) in [7, 11) is 0. The number of amides is 2. The number of rotatable bonds is 6. The van der Waals surface area contributed by atoms with Crippen molar-refractivity contribution in [1.29, 1.82) is 0 Å². The van der Waals surface area contributed by atoms with Gasteiger partial charge in [0.1, 0.15) is 17.3 Å². The van der Waals surface area contributed by atoms with Crippen molar-refractivity contribution in [3.05, 3.63) is 106 Å². The molecule has 1 unspecified atom stereocenters. The second-order valence-corrected chi connectivity index (χ2v) is 9.46. The minimum absolute atomic E-state index is 0.188. The van der Waals surface area contributed by atoms with Crippen molar-refractivity contribution in [2.24, 2.45) is 0 Å². The first-order valence-electron chi connectivity index (χ1n) is 11.8. The van der Waals surface area contributed by atoms with Crippen LogP contribution in [0.1, 0.15) is 34.2 Å². The van der Waals surface area contributed by atoms with Gasteiger partial charge in [0.05, 0.1) is 23.8 Å². The molecule has 2 heterocycles. The number of hydrogen-bond acceptors (Lipinski definition) is 4. The molecule has 1 aliphatic heterocycles. The number of urea groups is 1. The number of halogens is 4. The van der Waals surface area contributed by atoms with Crippen LogP contribution in [-0.2, 0) is 12.7 Å². The molecule has 10 heteroatoms. The van der Waals surface area contributed by atoms with E-state index in [2.05, 4.69) is 5.16 Å². The molecule has 1 aliphatic rings. The van der Waals surface area contributed by atoms with Crippen LogP contribution in [0, 0.1) is 13.8 Å². The van der Waals surface area contributed by atoms with E-state index in [4.69, 9.17) is 20.9 Å². The van der Waals surface area contributed by atoms with Crippen LogP contribution in [0.2, 0.25) is 5.02 Å². The van der Waals surface area contributed by atoms with Gasteiger partial charge in [0.2, 0.25) is 0 Å². The summed E-state index contributed by atoms with van der Waals surface area (Å²) in [6.45, 7) is 3.96. The highest BCUT2D eigenvalue weighted by atomic mass is 35.5. The van der Waals surface area contributed by atoms with E-state index < -0.39 is 17.8 Å². The van der Waals surface area contributed by atoms with E-state index in [1.165, 1.54) is 11.0 Å². The smallest absolute Gasteiger partial charge is 0.416 e.